The fourth-order valence-electron chi connectivity index (χ4n) is 2.61. The molecule has 1 amide bonds. The van der Waals surface area contributed by atoms with Crippen LogP contribution in [0.1, 0.15) is 16.9 Å². The molecule has 6 heteroatoms. The Labute approximate surface area is 162 Å². The average Bonchev–Trinajstić information content (AvgIpc) is 3.25. The van der Waals surface area contributed by atoms with Crippen molar-refractivity contribution in [2.75, 3.05) is 32.1 Å². The van der Waals surface area contributed by atoms with Crippen LogP contribution in [-0.4, -0.2) is 43.0 Å². The lowest BCUT2D eigenvalue weighted by molar-refractivity contribution is -0.114. The summed E-state index contributed by atoms with van der Waals surface area (Å²) >= 11 is 3.20. The number of aryl methyl sites for hydroxylation is 1. The highest BCUT2D eigenvalue weighted by atomic mass is 32.1. The molecular formula is C20H23N3OS2. The molecule has 0 unspecified atom stereocenters. The van der Waals surface area contributed by atoms with Gasteiger partial charge >= 0.3 is 0 Å². The number of anilines is 1. The number of thiazole rings is 1. The van der Waals surface area contributed by atoms with Crippen LogP contribution in [-0.2, 0) is 4.79 Å². The number of hydrogen-bond acceptors (Lipinski definition) is 5. The molecule has 0 bridgehead atoms. The number of thiophene rings is 1. The van der Waals surface area contributed by atoms with Crippen molar-refractivity contribution in [2.45, 2.75) is 13.3 Å². The van der Waals surface area contributed by atoms with Crippen molar-refractivity contribution >= 4 is 50.0 Å². The van der Waals surface area contributed by atoms with E-state index < -0.39 is 0 Å². The molecule has 0 saturated heterocycles. The third-order valence-electron chi connectivity index (χ3n) is 3.95. The monoisotopic (exact) mass is 385 g/mol. The highest BCUT2D eigenvalue weighted by Crippen LogP contribution is 2.30. The first kappa shape index (κ1) is 18.8. The van der Waals surface area contributed by atoms with Gasteiger partial charge in [-0.2, -0.15) is 0 Å². The Morgan fingerprint density at radius 3 is 2.81 bits per heavy atom. The van der Waals surface area contributed by atoms with E-state index in [1.165, 1.54) is 5.56 Å². The highest BCUT2D eigenvalue weighted by Gasteiger charge is 2.17. The van der Waals surface area contributed by atoms with Gasteiger partial charge in [0.15, 0.2) is 5.13 Å². The number of carbonyl (C=O) groups excluding carboxylic acids is 1. The lowest BCUT2D eigenvalue weighted by atomic mass is 10.2. The molecule has 2 heterocycles. The first-order valence-corrected chi connectivity index (χ1v) is 10.3. The summed E-state index contributed by atoms with van der Waals surface area (Å²) in [6.45, 7) is 3.66. The molecule has 0 N–H and O–H groups in total. The molecule has 0 aliphatic carbocycles. The van der Waals surface area contributed by atoms with E-state index in [1.807, 2.05) is 43.8 Å². The lowest BCUT2D eigenvalue weighted by Gasteiger charge is -2.19. The first-order chi connectivity index (χ1) is 12.5. The fraction of sp³-hybridized carbons (Fsp3) is 0.300. The third-order valence-corrected chi connectivity index (χ3v) is 5.83. The van der Waals surface area contributed by atoms with Gasteiger partial charge in [0.2, 0.25) is 0 Å². The minimum absolute atomic E-state index is 0.0204. The molecule has 0 aliphatic heterocycles. The van der Waals surface area contributed by atoms with E-state index in [-0.39, 0.29) is 5.91 Å². The van der Waals surface area contributed by atoms with E-state index >= 15 is 0 Å². The summed E-state index contributed by atoms with van der Waals surface area (Å²) in [4.78, 5) is 22.6. The number of amides is 1. The summed E-state index contributed by atoms with van der Waals surface area (Å²) in [5.74, 6) is -0.0204. The summed E-state index contributed by atoms with van der Waals surface area (Å²) in [7, 11) is 4.09. The Morgan fingerprint density at radius 1 is 1.23 bits per heavy atom. The molecule has 0 fully saturated rings. The highest BCUT2D eigenvalue weighted by molar-refractivity contribution is 7.22. The molecule has 3 aromatic rings. The van der Waals surface area contributed by atoms with Gasteiger partial charge < -0.3 is 4.90 Å². The van der Waals surface area contributed by atoms with Crippen LogP contribution >= 0.6 is 22.7 Å². The second kappa shape index (κ2) is 8.58. The number of rotatable bonds is 7. The van der Waals surface area contributed by atoms with Gasteiger partial charge in [-0.15, -0.1) is 11.3 Å². The fourth-order valence-corrected chi connectivity index (χ4v) is 4.32. The maximum absolute atomic E-state index is 12.9. The summed E-state index contributed by atoms with van der Waals surface area (Å²) in [5, 5.41) is 2.78. The molecule has 4 nitrogen and oxygen atoms in total. The van der Waals surface area contributed by atoms with Gasteiger partial charge in [-0.1, -0.05) is 23.5 Å². The molecule has 2 aromatic heterocycles. The Morgan fingerprint density at radius 2 is 2.08 bits per heavy atom. The van der Waals surface area contributed by atoms with Crippen molar-refractivity contribution < 1.29 is 4.79 Å². The molecule has 0 aliphatic rings. The second-order valence-corrected chi connectivity index (χ2v) is 8.45. The van der Waals surface area contributed by atoms with Crippen LogP contribution in [0.4, 0.5) is 5.13 Å². The zero-order valence-electron chi connectivity index (χ0n) is 15.3. The lowest BCUT2D eigenvalue weighted by Crippen LogP contribution is -2.32. The standard InChI is InChI=1S/C20H23N3OS2/c1-15-7-9-17-18(14-15)26-20(21-17)23(12-5-11-22(2)3)19(24)10-8-16-6-4-13-25-16/h4,6-10,13-14H,5,11-12H2,1-3H3/b10-8+. The maximum atomic E-state index is 12.9. The summed E-state index contributed by atoms with van der Waals surface area (Å²) in [6.07, 6.45) is 4.43. The maximum Gasteiger partial charge on any atom is 0.252 e. The van der Waals surface area contributed by atoms with Crippen molar-refractivity contribution in [1.29, 1.82) is 0 Å². The van der Waals surface area contributed by atoms with Crippen LogP contribution in [0.2, 0.25) is 0 Å². The predicted molar refractivity (Wildman–Crippen MR) is 113 cm³/mol. The Bertz CT molecular complexity index is 897. The predicted octanol–water partition coefficient (Wildman–Crippen LogP) is 4.66. The Hall–Kier alpha value is -2.02. The normalized spacial score (nSPS) is 11.7. The van der Waals surface area contributed by atoms with Crippen molar-refractivity contribution in [3.63, 3.8) is 0 Å². The van der Waals surface area contributed by atoms with Gasteiger partial charge in [-0.05, 0) is 69.2 Å². The van der Waals surface area contributed by atoms with E-state index in [4.69, 9.17) is 4.98 Å². The Balaban J connectivity index is 1.84. The van der Waals surface area contributed by atoms with E-state index in [1.54, 1.807) is 33.6 Å². The van der Waals surface area contributed by atoms with E-state index in [9.17, 15) is 4.79 Å². The average molecular weight is 386 g/mol. The van der Waals surface area contributed by atoms with Crippen LogP contribution in [0.25, 0.3) is 16.3 Å². The molecule has 0 radical (unpaired) electrons. The molecule has 0 spiro atoms. The van der Waals surface area contributed by atoms with Crippen molar-refractivity contribution in [1.82, 2.24) is 9.88 Å². The molecule has 1 aromatic carbocycles. The number of aromatic nitrogens is 1. The van der Waals surface area contributed by atoms with E-state index in [0.29, 0.717) is 6.54 Å². The van der Waals surface area contributed by atoms with Crippen LogP contribution < -0.4 is 4.90 Å². The Kier molecular flexibility index (Phi) is 6.19. The van der Waals surface area contributed by atoms with Crippen LogP contribution in [0.3, 0.4) is 0 Å². The zero-order chi connectivity index (χ0) is 18.5. The van der Waals surface area contributed by atoms with Crippen LogP contribution in [0.15, 0.2) is 41.8 Å². The van der Waals surface area contributed by atoms with Gasteiger partial charge in [-0.25, -0.2) is 4.98 Å². The number of fused-ring (bicyclic) bond motifs is 1. The SMILES string of the molecule is Cc1ccc2nc(N(CCCN(C)C)C(=O)/C=C/c3cccs3)sc2c1. The van der Waals surface area contributed by atoms with Crippen molar-refractivity contribution in [3.05, 3.63) is 52.2 Å². The number of benzene rings is 1. The van der Waals surface area contributed by atoms with Gasteiger partial charge in [0.1, 0.15) is 0 Å². The number of hydrogen-bond donors (Lipinski definition) is 0. The quantitative estimate of drug-likeness (QED) is 0.555. The largest absolute Gasteiger partial charge is 0.309 e. The molecule has 0 atom stereocenters. The second-order valence-electron chi connectivity index (χ2n) is 6.46. The van der Waals surface area contributed by atoms with E-state index in [2.05, 4.69) is 24.0 Å². The van der Waals surface area contributed by atoms with E-state index in [0.717, 1.165) is 33.2 Å². The number of nitrogens with zero attached hydrogens (tertiary/aromatic N) is 3. The van der Waals surface area contributed by atoms with Gasteiger partial charge in [0.05, 0.1) is 10.2 Å². The topological polar surface area (TPSA) is 36.4 Å². The first-order valence-electron chi connectivity index (χ1n) is 8.58. The van der Waals surface area contributed by atoms with Gasteiger partial charge in [0, 0.05) is 17.5 Å². The molecule has 3 rings (SSSR count). The zero-order valence-corrected chi connectivity index (χ0v) is 16.9. The third kappa shape index (κ3) is 4.78. The minimum atomic E-state index is -0.0204. The molecule has 136 valence electrons. The van der Waals surface area contributed by atoms with Crippen LogP contribution in [0.5, 0.6) is 0 Å². The molecular weight excluding hydrogens is 362 g/mol. The summed E-state index contributed by atoms with van der Waals surface area (Å²) in [5.41, 5.74) is 2.15. The van der Waals surface area contributed by atoms with Crippen molar-refractivity contribution in [3.8, 4) is 0 Å². The summed E-state index contributed by atoms with van der Waals surface area (Å²) in [6, 6.07) is 10.2. The molecule has 0 saturated carbocycles. The minimum Gasteiger partial charge on any atom is -0.309 e. The molecule has 26 heavy (non-hydrogen) atoms. The number of carbonyl (C=O) groups is 1. The van der Waals surface area contributed by atoms with Gasteiger partial charge in [0.25, 0.3) is 5.91 Å². The van der Waals surface area contributed by atoms with Crippen molar-refractivity contribution in [2.24, 2.45) is 0 Å². The van der Waals surface area contributed by atoms with Gasteiger partial charge in [-0.3, -0.25) is 9.69 Å². The van der Waals surface area contributed by atoms with Crippen LogP contribution in [0, 0.1) is 6.92 Å². The smallest absolute Gasteiger partial charge is 0.252 e. The summed E-state index contributed by atoms with van der Waals surface area (Å²) < 4.78 is 1.12.